The van der Waals surface area contributed by atoms with Crippen molar-refractivity contribution in [2.24, 2.45) is 5.92 Å². The molecule has 0 aliphatic carbocycles. The summed E-state index contributed by atoms with van der Waals surface area (Å²) >= 11 is 5.98. The smallest absolute Gasteiger partial charge is 0.104 e. The fraction of sp³-hybridized carbons (Fsp3) is 0.519. The third-order valence-corrected chi connectivity index (χ3v) is 7.14. The molecule has 1 N–H and O–H groups in total. The van der Waals surface area contributed by atoms with Crippen molar-refractivity contribution in [2.45, 2.75) is 53.9 Å². The van der Waals surface area contributed by atoms with E-state index in [0.717, 1.165) is 49.8 Å². The fourth-order valence-corrected chi connectivity index (χ4v) is 4.88. The molecule has 1 heterocycles. The van der Waals surface area contributed by atoms with E-state index in [-0.39, 0.29) is 0 Å². The normalized spacial score (nSPS) is 16.3. The minimum atomic E-state index is 0.339. The highest BCUT2D eigenvalue weighted by Crippen LogP contribution is 2.29. The summed E-state index contributed by atoms with van der Waals surface area (Å²) in [5.41, 5.74) is 8.36. The van der Waals surface area contributed by atoms with E-state index in [0.29, 0.717) is 5.92 Å². The molecule has 1 atom stereocenters. The number of anilines is 4. The standard InChI is InChI=1S/C27H41N5S/c1-6-11-12-22-21-31(25-17-13-23(14-18-25)29(7-2)8-3)28-32(27(22)33)26-19-15-24(16-20-26)30(9-4)10-5/h13-20,22,28H,6-12,21H2,1-5H3/t22-/m0/s1. The maximum Gasteiger partial charge on any atom is 0.104 e. The molecule has 0 amide bonds. The molecule has 0 bridgehead atoms. The van der Waals surface area contributed by atoms with E-state index in [1.807, 2.05) is 0 Å². The average Bonchev–Trinajstić information content (AvgIpc) is 2.86. The molecule has 1 aliphatic rings. The van der Waals surface area contributed by atoms with Crippen molar-refractivity contribution in [3.8, 4) is 0 Å². The van der Waals surface area contributed by atoms with E-state index in [2.05, 4.69) is 109 Å². The summed E-state index contributed by atoms with van der Waals surface area (Å²) in [6.45, 7) is 16.0. The molecule has 0 saturated carbocycles. The lowest BCUT2D eigenvalue weighted by atomic mass is 10.00. The second-order valence-corrected chi connectivity index (χ2v) is 9.02. The number of hydrogen-bond acceptors (Lipinski definition) is 5. The van der Waals surface area contributed by atoms with Crippen LogP contribution in [0, 0.1) is 5.92 Å². The molecule has 1 aliphatic heterocycles. The number of benzene rings is 2. The van der Waals surface area contributed by atoms with Crippen molar-refractivity contribution in [3.63, 3.8) is 0 Å². The Bertz CT molecular complexity index is 859. The topological polar surface area (TPSA) is 25.0 Å². The first-order chi connectivity index (χ1) is 16.1. The first kappa shape index (κ1) is 25.3. The zero-order chi connectivity index (χ0) is 23.8. The number of nitrogens with zero attached hydrogens (tertiary/aromatic N) is 4. The van der Waals surface area contributed by atoms with Crippen LogP contribution in [0.4, 0.5) is 22.7 Å². The molecule has 6 heteroatoms. The van der Waals surface area contributed by atoms with Gasteiger partial charge in [-0.05, 0) is 82.6 Å². The monoisotopic (exact) mass is 467 g/mol. The Labute approximate surface area is 206 Å². The Hall–Kier alpha value is -2.31. The molecule has 2 aromatic rings. The van der Waals surface area contributed by atoms with Gasteiger partial charge in [-0.1, -0.05) is 32.0 Å². The predicted molar refractivity (Wildman–Crippen MR) is 149 cm³/mol. The van der Waals surface area contributed by atoms with E-state index in [4.69, 9.17) is 12.2 Å². The first-order valence-electron chi connectivity index (χ1n) is 12.6. The highest BCUT2D eigenvalue weighted by molar-refractivity contribution is 7.80. The molecule has 0 unspecified atom stereocenters. The Kier molecular flexibility index (Phi) is 9.39. The van der Waals surface area contributed by atoms with Crippen molar-refractivity contribution in [3.05, 3.63) is 48.5 Å². The maximum atomic E-state index is 5.98. The molecule has 3 rings (SSSR count). The third-order valence-electron chi connectivity index (χ3n) is 6.63. The van der Waals surface area contributed by atoms with Gasteiger partial charge in [0.15, 0.2) is 0 Å². The summed E-state index contributed by atoms with van der Waals surface area (Å²) in [6.07, 6.45) is 3.48. The molecule has 1 saturated heterocycles. The molecule has 2 aromatic carbocycles. The number of thiocarbonyl (C=S) groups is 1. The molecular formula is C27H41N5S. The quantitative estimate of drug-likeness (QED) is 0.392. The minimum Gasteiger partial charge on any atom is -0.372 e. The summed E-state index contributed by atoms with van der Waals surface area (Å²) < 4.78 is 0. The van der Waals surface area contributed by atoms with Crippen LogP contribution in [0.2, 0.25) is 0 Å². The average molecular weight is 468 g/mol. The molecule has 33 heavy (non-hydrogen) atoms. The number of unbranched alkanes of at least 4 members (excludes halogenated alkanes) is 1. The first-order valence-corrected chi connectivity index (χ1v) is 13.0. The summed E-state index contributed by atoms with van der Waals surface area (Å²) in [5.74, 6) is 0.339. The van der Waals surface area contributed by atoms with Gasteiger partial charge in [0, 0.05) is 50.0 Å². The van der Waals surface area contributed by atoms with Crippen LogP contribution in [0.5, 0.6) is 0 Å². The second kappa shape index (κ2) is 12.2. The van der Waals surface area contributed by atoms with Gasteiger partial charge in [0.05, 0.1) is 11.4 Å². The van der Waals surface area contributed by atoms with Crippen LogP contribution in [-0.4, -0.2) is 37.7 Å². The van der Waals surface area contributed by atoms with Gasteiger partial charge in [-0.15, -0.1) is 5.53 Å². The van der Waals surface area contributed by atoms with Gasteiger partial charge in [-0.2, -0.15) is 0 Å². The maximum absolute atomic E-state index is 5.98. The van der Waals surface area contributed by atoms with Gasteiger partial charge < -0.3 is 9.80 Å². The molecule has 5 nitrogen and oxygen atoms in total. The summed E-state index contributed by atoms with van der Waals surface area (Å²) in [5, 5.41) is 4.35. The molecule has 1 fully saturated rings. The van der Waals surface area contributed by atoms with Crippen molar-refractivity contribution >= 4 is 40.0 Å². The van der Waals surface area contributed by atoms with E-state index < -0.39 is 0 Å². The van der Waals surface area contributed by atoms with E-state index in [9.17, 15) is 0 Å². The van der Waals surface area contributed by atoms with Gasteiger partial charge in [0.1, 0.15) is 4.99 Å². The Morgan fingerprint density at radius 1 is 0.788 bits per heavy atom. The SMILES string of the molecule is CCCC[C@H]1CN(c2ccc(N(CC)CC)cc2)NN(c2ccc(N(CC)CC)cc2)C1=S. The summed E-state index contributed by atoms with van der Waals surface area (Å²) in [4.78, 5) is 5.71. The van der Waals surface area contributed by atoms with Crippen LogP contribution in [-0.2, 0) is 0 Å². The largest absolute Gasteiger partial charge is 0.372 e. The Balaban J connectivity index is 1.85. The third kappa shape index (κ3) is 5.98. The van der Waals surface area contributed by atoms with Crippen molar-refractivity contribution in [2.75, 3.05) is 52.5 Å². The van der Waals surface area contributed by atoms with E-state index in [1.165, 1.54) is 29.9 Å². The number of nitrogens with one attached hydrogen (secondary N) is 1. The minimum absolute atomic E-state index is 0.339. The lowest BCUT2D eigenvalue weighted by Crippen LogP contribution is -2.61. The number of hydrogen-bond donors (Lipinski definition) is 1. The molecule has 0 aromatic heterocycles. The highest BCUT2D eigenvalue weighted by Gasteiger charge is 2.30. The van der Waals surface area contributed by atoms with Crippen LogP contribution in [0.3, 0.4) is 0 Å². The van der Waals surface area contributed by atoms with E-state index in [1.54, 1.807) is 0 Å². The predicted octanol–water partition coefficient (Wildman–Crippen LogP) is 6.26. The molecule has 0 radical (unpaired) electrons. The second-order valence-electron chi connectivity index (χ2n) is 8.60. The van der Waals surface area contributed by atoms with Crippen LogP contribution >= 0.6 is 12.2 Å². The van der Waals surface area contributed by atoms with Gasteiger partial charge in [-0.3, -0.25) is 10.0 Å². The van der Waals surface area contributed by atoms with Crippen LogP contribution in [0.15, 0.2) is 48.5 Å². The van der Waals surface area contributed by atoms with Crippen LogP contribution in [0.25, 0.3) is 0 Å². The number of hydrazine groups is 2. The van der Waals surface area contributed by atoms with Crippen molar-refractivity contribution in [1.29, 1.82) is 0 Å². The Morgan fingerprint density at radius 3 is 1.73 bits per heavy atom. The van der Waals surface area contributed by atoms with Gasteiger partial charge in [-0.25, -0.2) is 0 Å². The van der Waals surface area contributed by atoms with Gasteiger partial charge in [0.2, 0.25) is 0 Å². The fourth-order valence-electron chi connectivity index (χ4n) is 4.54. The number of rotatable bonds is 11. The zero-order valence-corrected chi connectivity index (χ0v) is 21.9. The Morgan fingerprint density at radius 2 is 1.27 bits per heavy atom. The molecular weight excluding hydrogens is 426 g/mol. The van der Waals surface area contributed by atoms with Crippen molar-refractivity contribution in [1.82, 2.24) is 5.53 Å². The summed E-state index contributed by atoms with van der Waals surface area (Å²) in [6, 6.07) is 17.6. The molecule has 0 spiro atoms. The lowest BCUT2D eigenvalue weighted by Gasteiger charge is -2.43. The van der Waals surface area contributed by atoms with Crippen molar-refractivity contribution < 1.29 is 0 Å². The highest BCUT2D eigenvalue weighted by atomic mass is 32.1. The van der Waals surface area contributed by atoms with E-state index >= 15 is 0 Å². The zero-order valence-electron chi connectivity index (χ0n) is 21.1. The molecule has 180 valence electrons. The van der Waals surface area contributed by atoms with Gasteiger partial charge in [0.25, 0.3) is 0 Å². The van der Waals surface area contributed by atoms with Crippen LogP contribution < -0.4 is 25.4 Å². The summed E-state index contributed by atoms with van der Waals surface area (Å²) in [7, 11) is 0. The van der Waals surface area contributed by atoms with Crippen LogP contribution in [0.1, 0.15) is 53.9 Å². The lowest BCUT2D eigenvalue weighted by molar-refractivity contribution is 0.489. The van der Waals surface area contributed by atoms with Gasteiger partial charge >= 0.3 is 0 Å².